The average molecular weight is 385 g/mol. The molecule has 0 aromatic rings. The Hall–Kier alpha value is 0.648. The Morgan fingerprint density at radius 2 is 1.67 bits per heavy atom. The standard InChI is InChI=1S/C10H19.C2H6.CH4O.W/c1-4-10-6-5-8(2)7-9(10)3;2*1-2;/h8-10H,3-7H2,1-2H3;1-2H3;2H,1H3;/q-1;;;/t8-,9?,10+;;;/m0.../s1. The molecule has 1 nitrogen and oxygen atoms in total. The molecule has 0 heterocycles. The number of aliphatic hydroxyl groups excluding tert-OH is 1. The summed E-state index contributed by atoms with van der Waals surface area (Å²) in [6, 6.07) is 0. The van der Waals surface area contributed by atoms with E-state index in [-0.39, 0.29) is 21.1 Å². The van der Waals surface area contributed by atoms with E-state index in [1.54, 1.807) is 0 Å². The van der Waals surface area contributed by atoms with Gasteiger partial charge < -0.3 is 12.0 Å². The summed E-state index contributed by atoms with van der Waals surface area (Å²) in [5, 5.41) is 7.00. The molecule has 1 unspecified atom stereocenters. The van der Waals surface area contributed by atoms with Gasteiger partial charge in [-0.15, -0.1) is 0 Å². The van der Waals surface area contributed by atoms with E-state index in [4.69, 9.17) is 5.11 Å². The topological polar surface area (TPSA) is 20.2 Å². The molecule has 0 amide bonds. The SMILES string of the molecule is CC.CO.[CH2-]C1C[C@@H](C)CC[C@H]1CC.[W]. The summed E-state index contributed by atoms with van der Waals surface area (Å²) in [7, 11) is 1.00. The zero-order valence-electron chi connectivity index (χ0n) is 11.1. The van der Waals surface area contributed by atoms with Crippen molar-refractivity contribution in [2.75, 3.05) is 7.11 Å². The third-order valence-corrected chi connectivity index (χ3v) is 2.93. The molecule has 94 valence electrons. The Kier molecular flexibility index (Phi) is 20.5. The van der Waals surface area contributed by atoms with E-state index >= 15 is 0 Å². The molecule has 0 aliphatic heterocycles. The minimum absolute atomic E-state index is 0. The zero-order chi connectivity index (χ0) is 11.6. The second kappa shape index (κ2) is 14.6. The normalized spacial score (nSPS) is 28.6. The minimum Gasteiger partial charge on any atom is -0.400 e. The molecule has 1 aliphatic carbocycles. The molecule has 1 saturated carbocycles. The third kappa shape index (κ3) is 9.57. The fourth-order valence-electron chi connectivity index (χ4n) is 2.10. The third-order valence-electron chi connectivity index (χ3n) is 2.93. The Bertz CT molecular complexity index is 107. The van der Waals surface area contributed by atoms with Gasteiger partial charge in [0.05, 0.1) is 0 Å². The molecule has 3 atom stereocenters. The summed E-state index contributed by atoms with van der Waals surface area (Å²) in [6.07, 6.45) is 5.55. The van der Waals surface area contributed by atoms with Gasteiger partial charge in [-0.1, -0.05) is 59.3 Å². The van der Waals surface area contributed by atoms with Gasteiger partial charge in [0.15, 0.2) is 0 Å². The van der Waals surface area contributed by atoms with Crippen LogP contribution in [0, 0.1) is 24.7 Å². The van der Waals surface area contributed by atoms with Crippen LogP contribution in [0.15, 0.2) is 0 Å². The van der Waals surface area contributed by atoms with Crippen molar-refractivity contribution in [2.45, 2.75) is 53.4 Å². The van der Waals surface area contributed by atoms with E-state index in [0.717, 1.165) is 24.9 Å². The molecule has 1 N–H and O–H groups in total. The van der Waals surface area contributed by atoms with E-state index < -0.39 is 0 Å². The van der Waals surface area contributed by atoms with Crippen molar-refractivity contribution in [3.05, 3.63) is 6.92 Å². The van der Waals surface area contributed by atoms with E-state index in [1.807, 2.05) is 13.8 Å². The maximum absolute atomic E-state index is 7.00. The first-order chi connectivity index (χ1) is 6.74. The number of aliphatic hydroxyl groups is 1. The predicted molar refractivity (Wildman–Crippen MR) is 65.1 cm³/mol. The van der Waals surface area contributed by atoms with Crippen LogP contribution >= 0.6 is 0 Å². The molecule has 0 saturated heterocycles. The van der Waals surface area contributed by atoms with Crippen LogP contribution in [-0.4, -0.2) is 12.2 Å². The zero-order valence-corrected chi connectivity index (χ0v) is 14.1. The Labute approximate surface area is 111 Å². The van der Waals surface area contributed by atoms with Crippen LogP contribution in [0.2, 0.25) is 0 Å². The predicted octanol–water partition coefficient (Wildman–Crippen LogP) is 3.92. The van der Waals surface area contributed by atoms with E-state index in [9.17, 15) is 0 Å². The van der Waals surface area contributed by atoms with Crippen LogP contribution in [0.3, 0.4) is 0 Å². The quantitative estimate of drug-likeness (QED) is 0.679. The Morgan fingerprint density at radius 3 is 2.00 bits per heavy atom. The van der Waals surface area contributed by atoms with E-state index in [2.05, 4.69) is 20.8 Å². The van der Waals surface area contributed by atoms with Gasteiger partial charge in [0.2, 0.25) is 0 Å². The van der Waals surface area contributed by atoms with Gasteiger partial charge in [-0.05, 0) is 5.92 Å². The molecule has 15 heavy (non-hydrogen) atoms. The average Bonchev–Trinajstić information content (AvgIpc) is 2.24. The summed E-state index contributed by atoms with van der Waals surface area (Å²) in [5.74, 6) is 2.61. The van der Waals surface area contributed by atoms with Crippen LogP contribution in [-0.2, 0) is 21.1 Å². The van der Waals surface area contributed by atoms with Crippen molar-refractivity contribution in [1.82, 2.24) is 0 Å². The largest absolute Gasteiger partial charge is 0.400 e. The first-order valence-corrected chi connectivity index (χ1v) is 6.01. The van der Waals surface area contributed by atoms with Gasteiger partial charge >= 0.3 is 0 Å². The summed E-state index contributed by atoms with van der Waals surface area (Å²) < 4.78 is 0. The monoisotopic (exact) mass is 385 g/mol. The Morgan fingerprint density at radius 1 is 1.20 bits per heavy atom. The van der Waals surface area contributed by atoms with Crippen molar-refractivity contribution in [3.63, 3.8) is 0 Å². The summed E-state index contributed by atoms with van der Waals surface area (Å²) >= 11 is 0. The first kappa shape index (κ1) is 21.0. The Balaban J connectivity index is -0.000000258. The fourth-order valence-corrected chi connectivity index (χ4v) is 2.10. The van der Waals surface area contributed by atoms with E-state index in [1.165, 1.54) is 25.7 Å². The van der Waals surface area contributed by atoms with Crippen LogP contribution < -0.4 is 0 Å². The smallest absolute Gasteiger partial charge is 0.0319 e. The van der Waals surface area contributed by atoms with Crippen LogP contribution in [0.25, 0.3) is 0 Å². The van der Waals surface area contributed by atoms with Gasteiger partial charge in [-0.25, -0.2) is 0 Å². The van der Waals surface area contributed by atoms with Crippen molar-refractivity contribution in [3.8, 4) is 0 Å². The van der Waals surface area contributed by atoms with Gasteiger partial charge in [0, 0.05) is 28.2 Å². The maximum Gasteiger partial charge on any atom is 0.0319 e. The molecule has 0 aromatic carbocycles. The van der Waals surface area contributed by atoms with Gasteiger partial charge in [0.25, 0.3) is 0 Å². The van der Waals surface area contributed by atoms with Gasteiger partial charge in [-0.2, -0.15) is 5.92 Å². The fraction of sp³-hybridized carbons (Fsp3) is 0.923. The molecule has 0 bridgehead atoms. The molecule has 1 rings (SSSR count). The van der Waals surface area contributed by atoms with Crippen LogP contribution in [0.4, 0.5) is 0 Å². The molecule has 2 heteroatoms. The summed E-state index contributed by atoms with van der Waals surface area (Å²) in [5.41, 5.74) is 0. The van der Waals surface area contributed by atoms with Crippen molar-refractivity contribution < 1.29 is 26.2 Å². The summed E-state index contributed by atoms with van der Waals surface area (Å²) in [4.78, 5) is 0. The minimum atomic E-state index is 0. The molecule has 1 fully saturated rings. The number of hydrogen-bond donors (Lipinski definition) is 1. The van der Waals surface area contributed by atoms with E-state index in [0.29, 0.717) is 0 Å². The van der Waals surface area contributed by atoms with Crippen LogP contribution in [0.5, 0.6) is 0 Å². The van der Waals surface area contributed by atoms with Crippen molar-refractivity contribution in [1.29, 1.82) is 0 Å². The molecule has 0 spiro atoms. The van der Waals surface area contributed by atoms with Crippen LogP contribution in [0.1, 0.15) is 53.4 Å². The molecular weight excluding hydrogens is 356 g/mol. The summed E-state index contributed by atoms with van der Waals surface area (Å²) in [6.45, 7) is 12.8. The molecular formula is C13H29OW-. The molecule has 0 radical (unpaired) electrons. The maximum atomic E-state index is 7.00. The van der Waals surface area contributed by atoms with Gasteiger partial charge in [0.1, 0.15) is 0 Å². The number of hydrogen-bond acceptors (Lipinski definition) is 1. The van der Waals surface area contributed by atoms with Crippen molar-refractivity contribution >= 4 is 0 Å². The second-order valence-corrected chi connectivity index (χ2v) is 3.85. The first-order valence-electron chi connectivity index (χ1n) is 6.01. The second-order valence-electron chi connectivity index (χ2n) is 3.85. The molecule has 1 aliphatic rings. The molecule has 0 aromatic heterocycles. The number of rotatable bonds is 1. The van der Waals surface area contributed by atoms with Gasteiger partial charge in [-0.3, -0.25) is 0 Å². The van der Waals surface area contributed by atoms with Crippen molar-refractivity contribution in [2.24, 2.45) is 17.8 Å².